The summed E-state index contributed by atoms with van der Waals surface area (Å²) >= 11 is 6.09. The molecule has 0 spiro atoms. The van der Waals surface area contributed by atoms with Crippen molar-refractivity contribution in [3.05, 3.63) is 70.8 Å². The lowest BCUT2D eigenvalue weighted by molar-refractivity contribution is -0.115. The molecule has 0 bridgehead atoms. The lowest BCUT2D eigenvalue weighted by Gasteiger charge is -2.10. The average molecular weight is 370 g/mol. The molecule has 0 aromatic heterocycles. The third-order valence-corrected chi connectivity index (χ3v) is 4.31. The maximum Gasteiger partial charge on any atom is 0.254 e. The fourth-order valence-electron chi connectivity index (χ4n) is 2.69. The second-order valence-electron chi connectivity index (χ2n) is 5.75. The first-order valence-electron chi connectivity index (χ1n) is 7.89. The molecule has 3 rings (SSSR count). The first-order chi connectivity index (χ1) is 12.5. The maximum atomic E-state index is 12.3. The van der Waals surface area contributed by atoms with Gasteiger partial charge in [0.2, 0.25) is 11.8 Å². The van der Waals surface area contributed by atoms with Crippen molar-refractivity contribution in [1.29, 1.82) is 0 Å². The van der Waals surface area contributed by atoms with Crippen molar-refractivity contribution in [1.82, 2.24) is 5.32 Å². The standard InChI is InChI=1S/C19H16ClN3O3/c1-2-16(24)22-12-5-3-11(4-6-12)9-17(25)23-15-8-7-14(20)13-10-21-19(26)18(13)15/h2-8H,1,9-10H2,(H,21,26)(H,22,24)(H,23,25). The van der Waals surface area contributed by atoms with E-state index in [0.717, 1.165) is 5.56 Å². The van der Waals surface area contributed by atoms with E-state index in [-0.39, 0.29) is 24.1 Å². The number of halogens is 1. The second kappa shape index (κ2) is 7.41. The van der Waals surface area contributed by atoms with Crippen LogP contribution in [-0.4, -0.2) is 17.7 Å². The van der Waals surface area contributed by atoms with Gasteiger partial charge < -0.3 is 16.0 Å². The number of benzene rings is 2. The Morgan fingerprint density at radius 1 is 1.15 bits per heavy atom. The Morgan fingerprint density at radius 2 is 1.88 bits per heavy atom. The van der Waals surface area contributed by atoms with Gasteiger partial charge in [-0.1, -0.05) is 30.3 Å². The highest BCUT2D eigenvalue weighted by Gasteiger charge is 2.25. The topological polar surface area (TPSA) is 87.3 Å². The van der Waals surface area contributed by atoms with Crippen LogP contribution in [-0.2, 0) is 22.6 Å². The molecule has 2 aromatic rings. The molecular weight excluding hydrogens is 354 g/mol. The van der Waals surface area contributed by atoms with Gasteiger partial charge in [-0.3, -0.25) is 14.4 Å². The van der Waals surface area contributed by atoms with Crippen LogP contribution in [0.3, 0.4) is 0 Å². The molecule has 3 N–H and O–H groups in total. The van der Waals surface area contributed by atoms with Crippen LogP contribution in [0.15, 0.2) is 49.1 Å². The van der Waals surface area contributed by atoms with Crippen molar-refractivity contribution in [2.45, 2.75) is 13.0 Å². The Bertz CT molecular complexity index is 907. The number of carbonyl (C=O) groups excluding carboxylic acids is 3. The van der Waals surface area contributed by atoms with Crippen molar-refractivity contribution in [3.8, 4) is 0 Å². The van der Waals surface area contributed by atoms with E-state index in [0.29, 0.717) is 34.1 Å². The zero-order chi connectivity index (χ0) is 18.7. The lowest BCUT2D eigenvalue weighted by atomic mass is 10.1. The lowest BCUT2D eigenvalue weighted by Crippen LogP contribution is -2.18. The zero-order valence-corrected chi connectivity index (χ0v) is 14.5. The Balaban J connectivity index is 1.69. The Labute approximate surface area is 155 Å². The fraction of sp³-hybridized carbons (Fsp3) is 0.105. The van der Waals surface area contributed by atoms with E-state index in [4.69, 9.17) is 11.6 Å². The van der Waals surface area contributed by atoms with Gasteiger partial charge in [-0.05, 0) is 35.9 Å². The van der Waals surface area contributed by atoms with Crippen LogP contribution in [0.25, 0.3) is 0 Å². The Hall–Kier alpha value is -3.12. The Kier molecular flexibility index (Phi) is 5.04. The maximum absolute atomic E-state index is 12.3. The van der Waals surface area contributed by atoms with Gasteiger partial charge >= 0.3 is 0 Å². The quantitative estimate of drug-likeness (QED) is 0.708. The van der Waals surface area contributed by atoms with Crippen molar-refractivity contribution < 1.29 is 14.4 Å². The van der Waals surface area contributed by atoms with Gasteiger partial charge in [-0.25, -0.2) is 0 Å². The van der Waals surface area contributed by atoms with Crippen molar-refractivity contribution >= 4 is 40.7 Å². The fourth-order valence-corrected chi connectivity index (χ4v) is 2.92. The molecule has 7 heteroatoms. The van der Waals surface area contributed by atoms with Crippen LogP contribution in [0.4, 0.5) is 11.4 Å². The summed E-state index contributed by atoms with van der Waals surface area (Å²) in [5, 5.41) is 8.59. The number of amides is 3. The van der Waals surface area contributed by atoms with Gasteiger partial charge in [0.05, 0.1) is 17.7 Å². The molecule has 6 nitrogen and oxygen atoms in total. The number of hydrogen-bond acceptors (Lipinski definition) is 3. The Morgan fingerprint density at radius 3 is 2.58 bits per heavy atom. The number of anilines is 2. The van der Waals surface area contributed by atoms with Crippen LogP contribution in [0, 0.1) is 0 Å². The van der Waals surface area contributed by atoms with Gasteiger partial charge in [0.1, 0.15) is 0 Å². The van der Waals surface area contributed by atoms with Crippen LogP contribution >= 0.6 is 11.6 Å². The molecule has 2 aromatic carbocycles. The monoisotopic (exact) mass is 369 g/mol. The van der Waals surface area contributed by atoms with E-state index in [1.807, 2.05) is 0 Å². The third-order valence-electron chi connectivity index (χ3n) is 3.95. The van der Waals surface area contributed by atoms with E-state index in [2.05, 4.69) is 22.5 Å². The molecule has 1 aliphatic rings. The van der Waals surface area contributed by atoms with Crippen LogP contribution in [0.1, 0.15) is 21.5 Å². The SMILES string of the molecule is C=CC(=O)Nc1ccc(CC(=O)Nc2ccc(Cl)c3c2C(=O)NC3)cc1. The largest absolute Gasteiger partial charge is 0.348 e. The van der Waals surface area contributed by atoms with E-state index >= 15 is 0 Å². The summed E-state index contributed by atoms with van der Waals surface area (Å²) in [4.78, 5) is 35.5. The number of fused-ring (bicyclic) bond motifs is 1. The molecule has 0 saturated heterocycles. The predicted octanol–water partition coefficient (Wildman–Crippen LogP) is 2.89. The number of nitrogens with one attached hydrogen (secondary N) is 3. The first kappa shape index (κ1) is 17.7. The molecule has 0 unspecified atom stereocenters. The van der Waals surface area contributed by atoms with E-state index in [1.165, 1.54) is 6.08 Å². The minimum atomic E-state index is -0.301. The van der Waals surface area contributed by atoms with Gasteiger partial charge in [0, 0.05) is 22.8 Å². The number of carbonyl (C=O) groups is 3. The van der Waals surface area contributed by atoms with Gasteiger partial charge in [-0.2, -0.15) is 0 Å². The molecule has 0 saturated carbocycles. The smallest absolute Gasteiger partial charge is 0.254 e. The molecule has 0 radical (unpaired) electrons. The average Bonchev–Trinajstić information content (AvgIpc) is 3.02. The molecule has 1 heterocycles. The molecule has 0 aliphatic carbocycles. The molecule has 0 atom stereocenters. The molecular formula is C19H16ClN3O3. The van der Waals surface area contributed by atoms with E-state index in [1.54, 1.807) is 36.4 Å². The molecule has 3 amide bonds. The van der Waals surface area contributed by atoms with Crippen molar-refractivity contribution in [2.75, 3.05) is 10.6 Å². The summed E-state index contributed by atoms with van der Waals surface area (Å²) in [6.45, 7) is 3.74. The van der Waals surface area contributed by atoms with Crippen molar-refractivity contribution in [3.63, 3.8) is 0 Å². The molecule has 132 valence electrons. The molecule has 1 aliphatic heterocycles. The predicted molar refractivity (Wildman–Crippen MR) is 100 cm³/mol. The summed E-state index contributed by atoms with van der Waals surface area (Å²) in [6.07, 6.45) is 1.32. The van der Waals surface area contributed by atoms with E-state index in [9.17, 15) is 14.4 Å². The van der Waals surface area contributed by atoms with Gasteiger partial charge in [0.25, 0.3) is 5.91 Å². The summed E-state index contributed by atoms with van der Waals surface area (Å²) < 4.78 is 0. The summed E-state index contributed by atoms with van der Waals surface area (Å²) in [7, 11) is 0. The van der Waals surface area contributed by atoms with Crippen LogP contribution in [0.2, 0.25) is 5.02 Å². The third kappa shape index (κ3) is 3.75. The minimum Gasteiger partial charge on any atom is -0.348 e. The number of hydrogen-bond donors (Lipinski definition) is 3. The van der Waals surface area contributed by atoms with Crippen molar-refractivity contribution in [2.24, 2.45) is 0 Å². The summed E-state index contributed by atoms with van der Waals surface area (Å²) in [5.41, 5.74) is 2.93. The number of rotatable bonds is 5. The summed E-state index contributed by atoms with van der Waals surface area (Å²) in [5.74, 6) is -0.803. The normalized spacial score (nSPS) is 12.1. The highest BCUT2D eigenvalue weighted by Crippen LogP contribution is 2.30. The van der Waals surface area contributed by atoms with Gasteiger partial charge in [0.15, 0.2) is 0 Å². The van der Waals surface area contributed by atoms with Gasteiger partial charge in [-0.15, -0.1) is 0 Å². The first-order valence-corrected chi connectivity index (χ1v) is 8.27. The minimum absolute atomic E-state index is 0.134. The van der Waals surface area contributed by atoms with Crippen LogP contribution in [0.5, 0.6) is 0 Å². The summed E-state index contributed by atoms with van der Waals surface area (Å²) in [6, 6.07) is 10.2. The zero-order valence-electron chi connectivity index (χ0n) is 13.8. The second-order valence-corrected chi connectivity index (χ2v) is 6.15. The van der Waals surface area contributed by atoms with Crippen LogP contribution < -0.4 is 16.0 Å². The highest BCUT2D eigenvalue weighted by molar-refractivity contribution is 6.32. The molecule has 0 fully saturated rings. The molecule has 26 heavy (non-hydrogen) atoms. The van der Waals surface area contributed by atoms with E-state index < -0.39 is 0 Å². The highest BCUT2D eigenvalue weighted by atomic mass is 35.5.